The second-order valence-electron chi connectivity index (χ2n) is 6.79. The molecule has 1 saturated heterocycles. The molecule has 0 saturated carbocycles. The Morgan fingerprint density at radius 1 is 1.20 bits per heavy atom. The van der Waals surface area contributed by atoms with Crippen LogP contribution in [-0.4, -0.2) is 40.9 Å². The molecule has 0 aliphatic carbocycles. The van der Waals surface area contributed by atoms with E-state index in [1.807, 2.05) is 56.3 Å². The van der Waals surface area contributed by atoms with E-state index >= 15 is 0 Å². The average Bonchev–Trinajstić information content (AvgIpc) is 3.01. The van der Waals surface area contributed by atoms with Gasteiger partial charge in [0.2, 0.25) is 0 Å². The minimum absolute atomic E-state index is 0.137. The first-order valence-corrected chi connectivity index (χ1v) is 11.3. The van der Waals surface area contributed by atoms with Crippen LogP contribution >= 0.6 is 24.0 Å². The molecule has 1 aliphatic heterocycles. The lowest BCUT2D eigenvalue weighted by molar-refractivity contribution is -0.144. The molecule has 2 aromatic carbocycles. The van der Waals surface area contributed by atoms with Crippen molar-refractivity contribution in [2.75, 3.05) is 19.8 Å². The largest absolute Gasteiger partial charge is 0.493 e. The fraction of sp³-hybridized carbons (Fsp3) is 0.348. The Kier molecular flexibility index (Phi) is 7.87. The lowest BCUT2D eigenvalue weighted by Gasteiger charge is -2.14. The van der Waals surface area contributed by atoms with Crippen molar-refractivity contribution in [3.8, 4) is 5.75 Å². The molecule has 0 spiro atoms. The number of thioether (sulfide) groups is 1. The van der Waals surface area contributed by atoms with Gasteiger partial charge >= 0.3 is 5.97 Å². The summed E-state index contributed by atoms with van der Waals surface area (Å²) in [7, 11) is 0. The molecule has 1 aliphatic rings. The fourth-order valence-corrected chi connectivity index (χ4v) is 4.49. The molecular formula is C23H25NO4S2. The summed E-state index contributed by atoms with van der Waals surface area (Å²) in [4.78, 5) is 26.8. The van der Waals surface area contributed by atoms with Gasteiger partial charge in [-0.05, 0) is 42.7 Å². The van der Waals surface area contributed by atoms with Crippen molar-refractivity contribution in [3.63, 3.8) is 0 Å². The minimum Gasteiger partial charge on any atom is -0.493 e. The van der Waals surface area contributed by atoms with E-state index in [1.54, 1.807) is 4.90 Å². The van der Waals surface area contributed by atoms with Crippen LogP contribution in [0.2, 0.25) is 0 Å². The molecule has 0 unspecified atom stereocenters. The van der Waals surface area contributed by atoms with Crippen LogP contribution in [0, 0.1) is 0 Å². The zero-order chi connectivity index (χ0) is 21.5. The van der Waals surface area contributed by atoms with Gasteiger partial charge in [-0.1, -0.05) is 61.2 Å². The van der Waals surface area contributed by atoms with Crippen LogP contribution in [0.25, 0.3) is 16.8 Å². The SMILES string of the molecule is CCCOC(=O)CCCN1C(=O)/C(=C\c2c(OCC)ccc3ccccc23)SC1=S. The summed E-state index contributed by atoms with van der Waals surface area (Å²) in [6.07, 6.45) is 3.44. The first-order chi connectivity index (χ1) is 14.5. The Labute approximate surface area is 186 Å². The third-order valence-electron chi connectivity index (χ3n) is 4.61. The number of ether oxygens (including phenoxy) is 2. The van der Waals surface area contributed by atoms with E-state index in [0.29, 0.717) is 35.4 Å². The maximum absolute atomic E-state index is 13.0. The third kappa shape index (κ3) is 5.21. The first-order valence-electron chi connectivity index (χ1n) is 10.1. The summed E-state index contributed by atoms with van der Waals surface area (Å²) in [5.74, 6) is 0.359. The molecule has 5 nitrogen and oxygen atoms in total. The number of carbonyl (C=O) groups excluding carboxylic acids is 2. The highest BCUT2D eigenvalue weighted by Crippen LogP contribution is 2.37. The Hall–Kier alpha value is -2.38. The normalized spacial score (nSPS) is 15.3. The van der Waals surface area contributed by atoms with Crippen LogP contribution in [0.4, 0.5) is 0 Å². The van der Waals surface area contributed by atoms with Crippen molar-refractivity contribution in [2.24, 2.45) is 0 Å². The van der Waals surface area contributed by atoms with Crippen molar-refractivity contribution in [3.05, 3.63) is 46.9 Å². The molecular weight excluding hydrogens is 418 g/mol. The summed E-state index contributed by atoms with van der Waals surface area (Å²) < 4.78 is 11.4. The van der Waals surface area contributed by atoms with Crippen molar-refractivity contribution < 1.29 is 19.1 Å². The van der Waals surface area contributed by atoms with Gasteiger partial charge in [-0.15, -0.1) is 0 Å². The molecule has 0 aromatic heterocycles. The number of nitrogens with zero attached hydrogens (tertiary/aromatic N) is 1. The number of amides is 1. The second kappa shape index (κ2) is 10.6. The Morgan fingerprint density at radius 2 is 2.00 bits per heavy atom. The van der Waals surface area contributed by atoms with Crippen LogP contribution < -0.4 is 4.74 Å². The van der Waals surface area contributed by atoms with Crippen molar-refractivity contribution in [1.82, 2.24) is 4.90 Å². The molecule has 2 aromatic rings. The summed E-state index contributed by atoms with van der Waals surface area (Å²) in [6.45, 7) is 5.25. The summed E-state index contributed by atoms with van der Waals surface area (Å²) in [5.41, 5.74) is 0.874. The van der Waals surface area contributed by atoms with Crippen LogP contribution in [0.1, 0.15) is 38.7 Å². The van der Waals surface area contributed by atoms with Gasteiger partial charge in [0.15, 0.2) is 0 Å². The molecule has 0 bridgehead atoms. The maximum atomic E-state index is 13.0. The zero-order valence-corrected chi connectivity index (χ0v) is 18.8. The standard InChI is InChI=1S/C23H25NO4S2/c1-3-14-28-21(25)10-7-13-24-22(26)20(30-23(24)29)15-18-17-9-6-5-8-16(17)11-12-19(18)27-4-2/h5-6,8-9,11-12,15H,3-4,7,10,13-14H2,1-2H3/b20-15+. The van der Waals surface area contributed by atoms with E-state index in [-0.39, 0.29) is 18.3 Å². The maximum Gasteiger partial charge on any atom is 0.305 e. The van der Waals surface area contributed by atoms with E-state index in [4.69, 9.17) is 21.7 Å². The fourth-order valence-electron chi connectivity index (χ4n) is 3.20. The topological polar surface area (TPSA) is 55.8 Å². The number of rotatable bonds is 9. The van der Waals surface area contributed by atoms with Gasteiger partial charge in [-0.3, -0.25) is 14.5 Å². The summed E-state index contributed by atoms with van der Waals surface area (Å²) >= 11 is 6.70. The molecule has 158 valence electrons. The highest BCUT2D eigenvalue weighted by molar-refractivity contribution is 8.26. The molecule has 0 radical (unpaired) electrons. The van der Waals surface area contributed by atoms with E-state index in [0.717, 1.165) is 28.5 Å². The van der Waals surface area contributed by atoms with Gasteiger partial charge in [0.05, 0.1) is 18.1 Å². The zero-order valence-electron chi connectivity index (χ0n) is 17.2. The second-order valence-corrected chi connectivity index (χ2v) is 8.46. The van der Waals surface area contributed by atoms with E-state index in [1.165, 1.54) is 11.8 Å². The quantitative estimate of drug-likeness (QED) is 0.303. The number of hydrogen-bond donors (Lipinski definition) is 0. The van der Waals surface area contributed by atoms with E-state index in [2.05, 4.69) is 0 Å². The predicted molar refractivity (Wildman–Crippen MR) is 125 cm³/mol. The molecule has 1 fully saturated rings. The Bertz CT molecular complexity index is 986. The molecule has 3 rings (SSSR count). The highest BCUT2D eigenvalue weighted by atomic mass is 32.2. The Morgan fingerprint density at radius 3 is 2.77 bits per heavy atom. The summed E-state index contributed by atoms with van der Waals surface area (Å²) in [5, 5.41) is 2.10. The van der Waals surface area contributed by atoms with Crippen molar-refractivity contribution in [2.45, 2.75) is 33.1 Å². The smallest absolute Gasteiger partial charge is 0.305 e. The number of benzene rings is 2. The van der Waals surface area contributed by atoms with Crippen LogP contribution in [-0.2, 0) is 14.3 Å². The first kappa shape index (κ1) is 22.3. The lowest BCUT2D eigenvalue weighted by atomic mass is 10.0. The number of fused-ring (bicyclic) bond motifs is 1. The molecule has 30 heavy (non-hydrogen) atoms. The molecule has 1 amide bonds. The Balaban J connectivity index is 1.79. The van der Waals surface area contributed by atoms with Gasteiger partial charge in [-0.25, -0.2) is 0 Å². The molecule has 1 heterocycles. The van der Waals surface area contributed by atoms with Crippen LogP contribution in [0.3, 0.4) is 0 Å². The molecule has 0 N–H and O–H groups in total. The number of carbonyl (C=O) groups is 2. The van der Waals surface area contributed by atoms with Gasteiger partial charge in [0, 0.05) is 18.5 Å². The third-order valence-corrected chi connectivity index (χ3v) is 5.99. The van der Waals surface area contributed by atoms with Gasteiger partial charge in [0.1, 0.15) is 10.1 Å². The van der Waals surface area contributed by atoms with Gasteiger partial charge in [-0.2, -0.15) is 0 Å². The van der Waals surface area contributed by atoms with Crippen molar-refractivity contribution in [1.29, 1.82) is 0 Å². The van der Waals surface area contributed by atoms with Crippen LogP contribution in [0.15, 0.2) is 41.3 Å². The monoisotopic (exact) mass is 443 g/mol. The lowest BCUT2D eigenvalue weighted by Crippen LogP contribution is -2.29. The number of hydrogen-bond acceptors (Lipinski definition) is 6. The number of esters is 1. The molecule has 0 atom stereocenters. The molecule has 7 heteroatoms. The van der Waals surface area contributed by atoms with Crippen molar-refractivity contribution >= 4 is 57.0 Å². The number of thiocarbonyl (C=S) groups is 1. The van der Waals surface area contributed by atoms with E-state index in [9.17, 15) is 9.59 Å². The summed E-state index contributed by atoms with van der Waals surface area (Å²) in [6, 6.07) is 12.0. The van der Waals surface area contributed by atoms with E-state index < -0.39 is 0 Å². The highest BCUT2D eigenvalue weighted by Gasteiger charge is 2.32. The van der Waals surface area contributed by atoms with Crippen LogP contribution in [0.5, 0.6) is 5.75 Å². The minimum atomic E-state index is -0.241. The predicted octanol–water partition coefficient (Wildman–Crippen LogP) is 5.17. The van der Waals surface area contributed by atoms with Gasteiger partial charge < -0.3 is 9.47 Å². The average molecular weight is 444 g/mol. The van der Waals surface area contributed by atoms with Gasteiger partial charge in [0.25, 0.3) is 5.91 Å².